The number of amides is 1. The minimum absolute atomic E-state index is 0.114. The third-order valence-electron chi connectivity index (χ3n) is 4.34. The Balaban J connectivity index is 1.72. The second-order valence-corrected chi connectivity index (χ2v) is 8.22. The molecule has 0 fully saturated rings. The van der Waals surface area contributed by atoms with Gasteiger partial charge in [0.1, 0.15) is 35.6 Å². The summed E-state index contributed by atoms with van der Waals surface area (Å²) < 4.78 is 17.1. The lowest BCUT2D eigenvalue weighted by Gasteiger charge is -2.15. The zero-order valence-corrected chi connectivity index (χ0v) is 20.3. The van der Waals surface area contributed by atoms with Crippen LogP contribution in [0, 0.1) is 11.3 Å². The molecule has 1 amide bonds. The van der Waals surface area contributed by atoms with Gasteiger partial charge in [0.25, 0.3) is 5.91 Å². The first-order valence-electron chi connectivity index (χ1n) is 10.6. The lowest BCUT2D eigenvalue weighted by Crippen LogP contribution is -2.13. The van der Waals surface area contributed by atoms with E-state index in [0.717, 1.165) is 10.8 Å². The zero-order chi connectivity index (χ0) is 24.3. The number of nitrogens with one attached hydrogen (secondary N) is 1. The highest BCUT2D eigenvalue weighted by Gasteiger charge is 2.16. The highest BCUT2D eigenvalue weighted by atomic mass is 35.5. The molecule has 1 aromatic heterocycles. The van der Waals surface area contributed by atoms with Crippen molar-refractivity contribution in [2.24, 2.45) is 0 Å². The molecule has 0 bridgehead atoms. The van der Waals surface area contributed by atoms with E-state index in [4.69, 9.17) is 25.8 Å². The largest absolute Gasteiger partial charge is 0.490 e. The van der Waals surface area contributed by atoms with Crippen LogP contribution in [0.1, 0.15) is 24.4 Å². The van der Waals surface area contributed by atoms with Crippen molar-refractivity contribution in [2.75, 3.05) is 25.1 Å². The molecule has 0 radical (unpaired) electrons. The maximum atomic E-state index is 12.5. The maximum Gasteiger partial charge on any atom is 0.268 e. The van der Waals surface area contributed by atoms with Gasteiger partial charge in [0.2, 0.25) is 5.13 Å². The van der Waals surface area contributed by atoms with Crippen LogP contribution in [0.15, 0.2) is 48.0 Å². The SMILES string of the molecule is CCOc1cc(/C=C(/C#N)C(=O)Nc2nnc(CC)s2)cc(Cl)c1OCCOc1ccccc1. The quantitative estimate of drug-likeness (QED) is 0.221. The minimum Gasteiger partial charge on any atom is -0.490 e. The Bertz CT molecular complexity index is 1190. The van der Waals surface area contributed by atoms with E-state index in [9.17, 15) is 10.1 Å². The molecule has 3 aromatic rings. The van der Waals surface area contributed by atoms with E-state index in [1.807, 2.05) is 50.2 Å². The number of nitriles is 1. The first-order chi connectivity index (χ1) is 16.5. The summed E-state index contributed by atoms with van der Waals surface area (Å²) in [5, 5.41) is 21.4. The molecule has 0 unspecified atom stereocenters. The van der Waals surface area contributed by atoms with Crippen LogP contribution in [0.5, 0.6) is 17.2 Å². The number of hydrogen-bond donors (Lipinski definition) is 1. The molecular formula is C24H23ClN4O4S. The molecule has 0 aliphatic heterocycles. The number of para-hydroxylation sites is 1. The van der Waals surface area contributed by atoms with Gasteiger partial charge in [0.15, 0.2) is 11.5 Å². The molecule has 1 heterocycles. The molecule has 2 aromatic carbocycles. The number of benzene rings is 2. The average Bonchev–Trinajstić information content (AvgIpc) is 3.29. The van der Waals surface area contributed by atoms with Crippen LogP contribution < -0.4 is 19.5 Å². The summed E-state index contributed by atoms with van der Waals surface area (Å²) >= 11 is 7.70. The van der Waals surface area contributed by atoms with E-state index in [0.29, 0.717) is 41.8 Å². The number of hydrogen-bond acceptors (Lipinski definition) is 8. The van der Waals surface area contributed by atoms with Gasteiger partial charge in [-0.15, -0.1) is 10.2 Å². The van der Waals surface area contributed by atoms with Crippen molar-refractivity contribution in [2.45, 2.75) is 20.3 Å². The Labute approximate surface area is 206 Å². The second-order valence-electron chi connectivity index (χ2n) is 6.75. The molecule has 34 heavy (non-hydrogen) atoms. The van der Waals surface area contributed by atoms with Crippen molar-refractivity contribution < 1.29 is 19.0 Å². The average molecular weight is 499 g/mol. The molecular weight excluding hydrogens is 476 g/mol. The van der Waals surface area contributed by atoms with Crippen LogP contribution in [0.25, 0.3) is 6.08 Å². The van der Waals surface area contributed by atoms with Gasteiger partial charge in [-0.05, 0) is 49.2 Å². The molecule has 0 saturated heterocycles. The van der Waals surface area contributed by atoms with E-state index < -0.39 is 5.91 Å². The van der Waals surface area contributed by atoms with Crippen LogP contribution in [-0.4, -0.2) is 35.9 Å². The van der Waals surface area contributed by atoms with E-state index in [1.165, 1.54) is 17.4 Å². The van der Waals surface area contributed by atoms with Crippen LogP contribution in [0.2, 0.25) is 5.02 Å². The summed E-state index contributed by atoms with van der Waals surface area (Å²) in [6.07, 6.45) is 2.13. The number of carbonyl (C=O) groups excluding carboxylic acids is 1. The van der Waals surface area contributed by atoms with E-state index in [2.05, 4.69) is 15.5 Å². The van der Waals surface area contributed by atoms with E-state index >= 15 is 0 Å². The fourth-order valence-corrected chi connectivity index (χ4v) is 3.77. The van der Waals surface area contributed by atoms with Gasteiger partial charge in [-0.1, -0.05) is 48.1 Å². The summed E-state index contributed by atoms with van der Waals surface area (Å²) in [5.41, 5.74) is 0.399. The highest BCUT2D eigenvalue weighted by molar-refractivity contribution is 7.15. The topological polar surface area (TPSA) is 106 Å². The van der Waals surface area contributed by atoms with Crippen LogP contribution in [0.4, 0.5) is 5.13 Å². The van der Waals surface area contributed by atoms with Crippen LogP contribution in [-0.2, 0) is 11.2 Å². The Hall–Kier alpha value is -3.61. The Morgan fingerprint density at radius 3 is 2.59 bits per heavy atom. The molecule has 0 saturated carbocycles. The Kier molecular flexibility index (Phi) is 9.26. The number of rotatable bonds is 11. The lowest BCUT2D eigenvalue weighted by molar-refractivity contribution is -0.112. The zero-order valence-electron chi connectivity index (χ0n) is 18.7. The molecule has 0 aliphatic carbocycles. The fraction of sp³-hybridized carbons (Fsp3) is 0.250. The van der Waals surface area contributed by atoms with E-state index in [1.54, 1.807) is 12.1 Å². The predicted molar refractivity (Wildman–Crippen MR) is 132 cm³/mol. The number of nitrogens with zero attached hydrogens (tertiary/aromatic N) is 3. The van der Waals surface area contributed by atoms with Gasteiger partial charge < -0.3 is 14.2 Å². The van der Waals surface area contributed by atoms with Gasteiger partial charge >= 0.3 is 0 Å². The predicted octanol–water partition coefficient (Wildman–Crippen LogP) is 5.16. The van der Waals surface area contributed by atoms with Gasteiger partial charge in [-0.2, -0.15) is 5.26 Å². The smallest absolute Gasteiger partial charge is 0.268 e. The van der Waals surface area contributed by atoms with Crippen molar-refractivity contribution in [1.82, 2.24) is 10.2 Å². The number of ether oxygens (including phenoxy) is 3. The monoisotopic (exact) mass is 498 g/mol. The number of halogens is 1. The number of aromatic nitrogens is 2. The highest BCUT2D eigenvalue weighted by Crippen LogP contribution is 2.37. The molecule has 10 heteroatoms. The molecule has 3 rings (SSSR count). The summed E-state index contributed by atoms with van der Waals surface area (Å²) in [5.74, 6) is 0.912. The van der Waals surface area contributed by atoms with Gasteiger partial charge in [0, 0.05) is 0 Å². The Morgan fingerprint density at radius 2 is 1.91 bits per heavy atom. The van der Waals surface area contributed by atoms with E-state index in [-0.39, 0.29) is 17.2 Å². The van der Waals surface area contributed by atoms with Crippen molar-refractivity contribution in [3.05, 3.63) is 63.6 Å². The summed E-state index contributed by atoms with van der Waals surface area (Å²) in [6.45, 7) is 4.72. The summed E-state index contributed by atoms with van der Waals surface area (Å²) in [7, 11) is 0. The van der Waals surface area contributed by atoms with Gasteiger partial charge in [-0.3, -0.25) is 10.1 Å². The van der Waals surface area contributed by atoms with Crippen LogP contribution >= 0.6 is 22.9 Å². The van der Waals surface area contributed by atoms with Crippen molar-refractivity contribution >= 4 is 40.1 Å². The minimum atomic E-state index is -0.589. The molecule has 0 atom stereocenters. The van der Waals surface area contributed by atoms with Crippen molar-refractivity contribution in [1.29, 1.82) is 5.26 Å². The number of carbonyl (C=O) groups is 1. The van der Waals surface area contributed by atoms with Crippen molar-refractivity contribution in [3.63, 3.8) is 0 Å². The van der Waals surface area contributed by atoms with Gasteiger partial charge in [-0.25, -0.2) is 0 Å². The second kappa shape index (κ2) is 12.6. The third kappa shape index (κ3) is 6.94. The molecule has 0 spiro atoms. The molecule has 176 valence electrons. The first-order valence-corrected chi connectivity index (χ1v) is 11.8. The number of aryl methyl sites for hydroxylation is 1. The molecule has 1 N–H and O–H groups in total. The summed E-state index contributed by atoms with van der Waals surface area (Å²) in [4.78, 5) is 12.5. The fourth-order valence-electron chi connectivity index (χ4n) is 2.82. The third-order valence-corrected chi connectivity index (χ3v) is 5.60. The maximum absolute atomic E-state index is 12.5. The van der Waals surface area contributed by atoms with Crippen LogP contribution in [0.3, 0.4) is 0 Å². The van der Waals surface area contributed by atoms with Crippen molar-refractivity contribution in [3.8, 4) is 23.3 Å². The summed E-state index contributed by atoms with van der Waals surface area (Å²) in [6, 6.07) is 14.6. The first kappa shape index (κ1) is 25.0. The molecule has 8 nitrogen and oxygen atoms in total. The lowest BCUT2D eigenvalue weighted by atomic mass is 10.1. The van der Waals surface area contributed by atoms with Gasteiger partial charge in [0.05, 0.1) is 11.6 Å². The normalized spacial score (nSPS) is 10.9. The number of anilines is 1. The Morgan fingerprint density at radius 1 is 1.15 bits per heavy atom. The standard InChI is InChI=1S/C24H23ClN4O4S/c1-3-21-28-29-24(34-21)27-23(30)17(15-26)12-16-13-19(25)22(20(14-16)31-4-2)33-11-10-32-18-8-6-5-7-9-18/h5-9,12-14H,3-4,10-11H2,1-2H3,(H,27,29,30)/b17-12-. The molecule has 0 aliphatic rings.